The first kappa shape index (κ1) is 19.2. The summed E-state index contributed by atoms with van der Waals surface area (Å²) in [6.45, 7) is 5.71. The van der Waals surface area contributed by atoms with Crippen molar-refractivity contribution in [3.63, 3.8) is 0 Å². The fraction of sp³-hybridized carbons (Fsp3) is 0.333. The van der Waals surface area contributed by atoms with Crippen LogP contribution in [0.1, 0.15) is 40.7 Å². The summed E-state index contributed by atoms with van der Waals surface area (Å²) in [6, 6.07) is 4.45. The van der Waals surface area contributed by atoms with Crippen LogP contribution in [0.5, 0.6) is 0 Å². The Morgan fingerprint density at radius 2 is 2.04 bits per heavy atom. The Morgan fingerprint density at radius 1 is 1.32 bits per heavy atom. The molecule has 0 radical (unpaired) electrons. The zero-order valence-corrected chi connectivity index (χ0v) is 15.9. The van der Waals surface area contributed by atoms with Crippen LogP contribution in [0.15, 0.2) is 22.7 Å². The maximum absolute atomic E-state index is 13.8. The molecule has 0 aliphatic rings. The fourth-order valence-electron chi connectivity index (χ4n) is 2.61. The van der Waals surface area contributed by atoms with E-state index >= 15 is 0 Å². The summed E-state index contributed by atoms with van der Waals surface area (Å²) in [7, 11) is 0. The first-order valence-electron chi connectivity index (χ1n) is 7.93. The summed E-state index contributed by atoms with van der Waals surface area (Å²) < 4.78 is 19.4. The molecule has 2 N–H and O–H groups in total. The van der Waals surface area contributed by atoms with Crippen LogP contribution < -0.4 is 5.32 Å². The van der Waals surface area contributed by atoms with Crippen LogP contribution in [-0.2, 0) is 16.0 Å². The zero-order chi connectivity index (χ0) is 18.6. The highest BCUT2D eigenvalue weighted by atomic mass is 79.9. The number of amides is 1. The van der Waals surface area contributed by atoms with Gasteiger partial charge in [-0.1, -0.05) is 15.9 Å². The van der Waals surface area contributed by atoms with Gasteiger partial charge in [0, 0.05) is 16.6 Å². The van der Waals surface area contributed by atoms with E-state index in [2.05, 4.69) is 26.2 Å². The second-order valence-electron chi connectivity index (χ2n) is 5.62. The zero-order valence-electron chi connectivity index (χ0n) is 14.3. The van der Waals surface area contributed by atoms with Gasteiger partial charge in [0.15, 0.2) is 0 Å². The smallest absolute Gasteiger partial charge is 0.355 e. The van der Waals surface area contributed by atoms with Gasteiger partial charge in [0.2, 0.25) is 5.91 Å². The molecule has 0 saturated heterocycles. The topological polar surface area (TPSA) is 71.2 Å². The number of aromatic nitrogens is 1. The molecule has 5 nitrogen and oxygen atoms in total. The second kappa shape index (κ2) is 8.29. The van der Waals surface area contributed by atoms with Gasteiger partial charge in [-0.3, -0.25) is 4.79 Å². The van der Waals surface area contributed by atoms with Gasteiger partial charge >= 0.3 is 5.97 Å². The van der Waals surface area contributed by atoms with E-state index < -0.39 is 11.8 Å². The average Bonchev–Trinajstić information content (AvgIpc) is 2.83. The number of anilines is 1. The SMILES string of the molecule is CCOC(=O)c1[nH]c(C)c(CCC(=O)Nc2ccc(Br)cc2F)c1C. The van der Waals surface area contributed by atoms with Crippen molar-refractivity contribution in [3.05, 3.63) is 51.0 Å². The van der Waals surface area contributed by atoms with Crippen LogP contribution in [0.3, 0.4) is 0 Å². The fourth-order valence-corrected chi connectivity index (χ4v) is 2.95. The molecular formula is C18H20BrFN2O3. The maximum Gasteiger partial charge on any atom is 0.355 e. The van der Waals surface area contributed by atoms with E-state index in [1.165, 1.54) is 12.1 Å². The molecule has 0 spiro atoms. The van der Waals surface area contributed by atoms with E-state index in [0.717, 1.165) is 16.8 Å². The van der Waals surface area contributed by atoms with Crippen molar-refractivity contribution in [2.45, 2.75) is 33.6 Å². The number of hydrogen-bond acceptors (Lipinski definition) is 3. The maximum atomic E-state index is 13.8. The Bertz CT molecular complexity index is 802. The number of hydrogen-bond donors (Lipinski definition) is 2. The highest BCUT2D eigenvalue weighted by Crippen LogP contribution is 2.22. The van der Waals surface area contributed by atoms with E-state index in [9.17, 15) is 14.0 Å². The van der Waals surface area contributed by atoms with Crippen LogP contribution in [-0.4, -0.2) is 23.5 Å². The van der Waals surface area contributed by atoms with Crippen LogP contribution in [0.25, 0.3) is 0 Å². The predicted molar refractivity (Wildman–Crippen MR) is 97.3 cm³/mol. The molecule has 1 amide bonds. The quantitative estimate of drug-likeness (QED) is 0.697. The lowest BCUT2D eigenvalue weighted by Gasteiger charge is -2.07. The first-order chi connectivity index (χ1) is 11.8. The lowest BCUT2D eigenvalue weighted by atomic mass is 10.0. The van der Waals surface area contributed by atoms with E-state index in [4.69, 9.17) is 4.74 Å². The van der Waals surface area contributed by atoms with Gasteiger partial charge < -0.3 is 15.0 Å². The predicted octanol–water partition coefficient (Wildman–Crippen LogP) is 4.28. The lowest BCUT2D eigenvalue weighted by molar-refractivity contribution is -0.116. The molecule has 25 heavy (non-hydrogen) atoms. The molecule has 1 heterocycles. The molecule has 1 aromatic heterocycles. The van der Waals surface area contributed by atoms with Crippen molar-refractivity contribution < 1.29 is 18.7 Å². The van der Waals surface area contributed by atoms with Gasteiger partial charge in [-0.05, 0) is 56.5 Å². The summed E-state index contributed by atoms with van der Waals surface area (Å²) >= 11 is 3.17. The Kier molecular flexibility index (Phi) is 6.36. The highest BCUT2D eigenvalue weighted by molar-refractivity contribution is 9.10. The van der Waals surface area contributed by atoms with E-state index in [1.54, 1.807) is 13.0 Å². The lowest BCUT2D eigenvalue weighted by Crippen LogP contribution is -2.13. The number of benzene rings is 1. The molecule has 2 aromatic rings. The number of carbonyl (C=O) groups excluding carboxylic acids is 2. The number of ether oxygens (including phenoxy) is 1. The van der Waals surface area contributed by atoms with Crippen molar-refractivity contribution in [1.82, 2.24) is 4.98 Å². The molecule has 0 fully saturated rings. The highest BCUT2D eigenvalue weighted by Gasteiger charge is 2.19. The van der Waals surface area contributed by atoms with Crippen LogP contribution in [0.4, 0.5) is 10.1 Å². The molecule has 0 atom stereocenters. The van der Waals surface area contributed by atoms with Crippen LogP contribution in [0.2, 0.25) is 0 Å². The number of carbonyl (C=O) groups is 2. The normalized spacial score (nSPS) is 10.6. The van der Waals surface area contributed by atoms with Crippen LogP contribution >= 0.6 is 15.9 Å². The van der Waals surface area contributed by atoms with Crippen molar-refractivity contribution in [3.8, 4) is 0 Å². The third kappa shape index (κ3) is 4.69. The first-order valence-corrected chi connectivity index (χ1v) is 8.72. The summed E-state index contributed by atoms with van der Waals surface area (Å²) in [6.07, 6.45) is 0.620. The number of aryl methyl sites for hydroxylation is 1. The third-order valence-electron chi connectivity index (χ3n) is 3.88. The number of halogens is 2. The second-order valence-corrected chi connectivity index (χ2v) is 6.54. The van der Waals surface area contributed by atoms with Crippen molar-refractivity contribution in [2.24, 2.45) is 0 Å². The summed E-state index contributed by atoms with van der Waals surface area (Å²) in [5.74, 6) is -1.20. The minimum absolute atomic E-state index is 0.142. The Hall–Kier alpha value is -2.15. The third-order valence-corrected chi connectivity index (χ3v) is 4.37. The number of H-pyrrole nitrogens is 1. The minimum atomic E-state index is -0.499. The van der Waals surface area contributed by atoms with Crippen molar-refractivity contribution in [2.75, 3.05) is 11.9 Å². The average molecular weight is 411 g/mol. The van der Waals surface area contributed by atoms with Crippen molar-refractivity contribution >= 4 is 33.5 Å². The monoisotopic (exact) mass is 410 g/mol. The Labute approximate surface area is 154 Å². The van der Waals surface area contributed by atoms with Crippen LogP contribution in [0, 0.1) is 19.7 Å². The molecule has 0 saturated carbocycles. The van der Waals surface area contributed by atoms with E-state index in [-0.39, 0.29) is 18.0 Å². The summed E-state index contributed by atoms with van der Waals surface area (Å²) in [5, 5.41) is 2.56. The summed E-state index contributed by atoms with van der Waals surface area (Å²) in [4.78, 5) is 27.0. The standard InChI is InChI=1S/C18H20BrFN2O3/c1-4-25-18(24)17-10(2)13(11(3)21-17)6-8-16(23)22-15-7-5-12(19)9-14(15)20/h5,7,9,21H,4,6,8H2,1-3H3,(H,22,23). The number of aromatic amines is 1. The molecule has 134 valence electrons. The van der Waals surface area contributed by atoms with Crippen molar-refractivity contribution in [1.29, 1.82) is 0 Å². The molecule has 0 aliphatic heterocycles. The largest absolute Gasteiger partial charge is 0.461 e. The van der Waals surface area contributed by atoms with Gasteiger partial charge in [-0.2, -0.15) is 0 Å². The Balaban J connectivity index is 2.03. The van der Waals surface area contributed by atoms with Gasteiger partial charge in [0.25, 0.3) is 0 Å². The molecule has 0 bridgehead atoms. The molecule has 7 heteroatoms. The summed E-state index contributed by atoms with van der Waals surface area (Å²) in [5.41, 5.74) is 3.05. The van der Waals surface area contributed by atoms with Gasteiger partial charge in [-0.25, -0.2) is 9.18 Å². The Morgan fingerprint density at radius 3 is 2.68 bits per heavy atom. The molecule has 1 aromatic carbocycles. The number of rotatable bonds is 6. The van der Waals surface area contributed by atoms with Gasteiger partial charge in [0.05, 0.1) is 12.3 Å². The van der Waals surface area contributed by atoms with E-state index in [1.807, 2.05) is 13.8 Å². The number of nitrogens with one attached hydrogen (secondary N) is 2. The van der Waals surface area contributed by atoms with Gasteiger partial charge in [0.1, 0.15) is 11.5 Å². The molecular weight excluding hydrogens is 391 g/mol. The minimum Gasteiger partial charge on any atom is -0.461 e. The van der Waals surface area contributed by atoms with E-state index in [0.29, 0.717) is 23.2 Å². The number of esters is 1. The molecule has 0 unspecified atom stereocenters. The van der Waals surface area contributed by atoms with Gasteiger partial charge in [-0.15, -0.1) is 0 Å². The molecule has 2 rings (SSSR count). The molecule has 0 aliphatic carbocycles.